The van der Waals surface area contributed by atoms with Crippen molar-refractivity contribution in [2.24, 2.45) is 0 Å². The van der Waals surface area contributed by atoms with Crippen molar-refractivity contribution in [1.29, 1.82) is 0 Å². The number of rotatable bonds is 6. The minimum atomic E-state index is -0.606. The fraction of sp³-hybridized carbons (Fsp3) is 0.222. The van der Waals surface area contributed by atoms with Gasteiger partial charge in [-0.2, -0.15) is 0 Å². The summed E-state index contributed by atoms with van der Waals surface area (Å²) in [5.74, 6) is -0.670. The number of anilines is 1. The summed E-state index contributed by atoms with van der Waals surface area (Å²) >= 11 is 1.02. The van der Waals surface area contributed by atoms with E-state index in [1.54, 1.807) is 26.0 Å². The van der Waals surface area contributed by atoms with Crippen molar-refractivity contribution in [2.75, 3.05) is 11.9 Å². The molecule has 27 heavy (non-hydrogen) atoms. The number of aromatic nitrogens is 1. The number of ether oxygens (including phenoxy) is 1. The van der Waals surface area contributed by atoms with Crippen molar-refractivity contribution in [3.8, 4) is 11.5 Å². The highest BCUT2D eigenvalue weighted by Gasteiger charge is 2.26. The zero-order chi connectivity index (χ0) is 19.6. The van der Waals surface area contributed by atoms with E-state index in [2.05, 4.69) is 10.5 Å². The summed E-state index contributed by atoms with van der Waals surface area (Å²) in [7, 11) is 0. The van der Waals surface area contributed by atoms with Gasteiger partial charge in [0.2, 0.25) is 5.76 Å². The van der Waals surface area contributed by atoms with Crippen molar-refractivity contribution in [3.63, 3.8) is 0 Å². The van der Waals surface area contributed by atoms with Gasteiger partial charge in [-0.1, -0.05) is 5.16 Å². The molecule has 0 radical (unpaired) electrons. The van der Waals surface area contributed by atoms with Gasteiger partial charge in [0.1, 0.15) is 5.00 Å². The van der Waals surface area contributed by atoms with Gasteiger partial charge >= 0.3 is 5.97 Å². The Kier molecular flexibility index (Phi) is 5.22. The smallest absolute Gasteiger partial charge is 0.341 e. The van der Waals surface area contributed by atoms with Crippen LogP contribution >= 0.6 is 11.3 Å². The largest absolute Gasteiger partial charge is 0.462 e. The van der Waals surface area contributed by atoms with Gasteiger partial charge in [-0.25, -0.2) is 4.79 Å². The van der Waals surface area contributed by atoms with E-state index >= 15 is 0 Å². The molecule has 0 fully saturated rings. The van der Waals surface area contributed by atoms with E-state index in [0.29, 0.717) is 22.0 Å². The molecule has 0 bridgehead atoms. The summed E-state index contributed by atoms with van der Waals surface area (Å²) in [5.41, 5.74) is 0.638. The normalized spacial score (nSPS) is 10.6. The van der Waals surface area contributed by atoms with Crippen LogP contribution in [0.25, 0.3) is 11.5 Å². The number of Topliss-reactive ketones (excluding diaryl/α,β-unsaturated/α-hetero) is 1. The third kappa shape index (κ3) is 3.68. The van der Waals surface area contributed by atoms with E-state index in [9.17, 15) is 14.4 Å². The van der Waals surface area contributed by atoms with Crippen LogP contribution < -0.4 is 5.32 Å². The average molecular weight is 388 g/mol. The standard InChI is InChI=1S/C18H16N2O6S/c1-4-24-18(23)14-9(2)15(10(3)21)27-17(14)19-16(22)11-8-13(26-20-11)12-6-5-7-25-12/h5-8H,4H2,1-3H3,(H,19,22). The first-order valence-corrected chi connectivity index (χ1v) is 8.87. The molecule has 0 saturated heterocycles. The Morgan fingerprint density at radius 3 is 2.70 bits per heavy atom. The van der Waals surface area contributed by atoms with Gasteiger partial charge in [-0.05, 0) is 38.5 Å². The number of hydrogen-bond donors (Lipinski definition) is 1. The molecule has 0 aliphatic carbocycles. The number of carbonyl (C=O) groups is 3. The lowest BCUT2D eigenvalue weighted by atomic mass is 10.1. The molecular weight excluding hydrogens is 372 g/mol. The lowest BCUT2D eigenvalue weighted by Gasteiger charge is -2.05. The van der Waals surface area contributed by atoms with Gasteiger partial charge in [0, 0.05) is 6.07 Å². The molecule has 0 unspecified atom stereocenters. The molecule has 0 aliphatic rings. The summed E-state index contributed by atoms with van der Waals surface area (Å²) in [6, 6.07) is 4.77. The van der Waals surface area contributed by atoms with E-state index in [1.165, 1.54) is 19.3 Å². The van der Waals surface area contributed by atoms with Crippen LogP contribution in [0.2, 0.25) is 0 Å². The van der Waals surface area contributed by atoms with E-state index in [1.807, 2.05) is 0 Å². The molecule has 0 atom stereocenters. The third-order valence-electron chi connectivity index (χ3n) is 3.68. The Labute approximate surface area is 158 Å². The van der Waals surface area contributed by atoms with Gasteiger partial charge in [0.15, 0.2) is 17.2 Å². The molecule has 3 heterocycles. The minimum Gasteiger partial charge on any atom is -0.462 e. The summed E-state index contributed by atoms with van der Waals surface area (Å²) in [6.07, 6.45) is 1.47. The van der Waals surface area contributed by atoms with Crippen LogP contribution in [0.1, 0.15) is 49.9 Å². The first-order chi connectivity index (χ1) is 12.9. The molecule has 3 aromatic heterocycles. The van der Waals surface area contributed by atoms with E-state index < -0.39 is 11.9 Å². The number of amides is 1. The van der Waals surface area contributed by atoms with Gasteiger partial charge in [0.25, 0.3) is 5.91 Å². The molecule has 3 aromatic rings. The quantitative estimate of drug-likeness (QED) is 0.503. The van der Waals surface area contributed by atoms with Gasteiger partial charge in [0.05, 0.1) is 23.3 Å². The molecule has 0 aromatic carbocycles. The summed E-state index contributed by atoms with van der Waals surface area (Å²) in [6.45, 7) is 4.88. The first-order valence-electron chi connectivity index (χ1n) is 8.05. The number of thiophene rings is 1. The lowest BCUT2D eigenvalue weighted by Crippen LogP contribution is -2.15. The second-order valence-electron chi connectivity index (χ2n) is 5.54. The Hall–Kier alpha value is -3.20. The number of furan rings is 1. The summed E-state index contributed by atoms with van der Waals surface area (Å²) in [4.78, 5) is 37.0. The van der Waals surface area contributed by atoms with Crippen LogP contribution in [0.15, 0.2) is 33.4 Å². The van der Waals surface area contributed by atoms with Crippen molar-refractivity contribution < 1.29 is 28.1 Å². The van der Waals surface area contributed by atoms with E-state index in [-0.39, 0.29) is 28.6 Å². The van der Waals surface area contributed by atoms with E-state index in [4.69, 9.17) is 13.7 Å². The Balaban J connectivity index is 1.90. The van der Waals surface area contributed by atoms with Crippen LogP contribution in [-0.4, -0.2) is 29.4 Å². The number of carbonyl (C=O) groups excluding carboxylic acids is 3. The topological polar surface area (TPSA) is 112 Å². The number of hydrogen-bond acceptors (Lipinski definition) is 8. The highest BCUT2D eigenvalue weighted by molar-refractivity contribution is 7.18. The van der Waals surface area contributed by atoms with Crippen molar-refractivity contribution in [3.05, 3.63) is 46.2 Å². The maximum atomic E-state index is 12.5. The van der Waals surface area contributed by atoms with Crippen LogP contribution in [0.4, 0.5) is 5.00 Å². The zero-order valence-electron chi connectivity index (χ0n) is 14.8. The number of ketones is 1. The van der Waals surface area contributed by atoms with Crippen molar-refractivity contribution in [2.45, 2.75) is 20.8 Å². The molecular formula is C18H16N2O6S. The van der Waals surface area contributed by atoms with Gasteiger partial charge in [-0.3, -0.25) is 9.59 Å². The molecule has 0 spiro atoms. The highest BCUT2D eigenvalue weighted by Crippen LogP contribution is 2.34. The highest BCUT2D eigenvalue weighted by atomic mass is 32.1. The molecule has 1 amide bonds. The van der Waals surface area contributed by atoms with Crippen molar-refractivity contribution in [1.82, 2.24) is 5.16 Å². The second-order valence-corrected chi connectivity index (χ2v) is 6.57. The second kappa shape index (κ2) is 7.58. The lowest BCUT2D eigenvalue weighted by molar-refractivity contribution is 0.0527. The average Bonchev–Trinajstić information content (AvgIpc) is 3.34. The predicted octanol–water partition coefficient (Wildman–Crippen LogP) is 3.94. The van der Waals surface area contributed by atoms with E-state index in [0.717, 1.165) is 11.3 Å². The minimum absolute atomic E-state index is 0.00615. The number of nitrogens with zero attached hydrogens (tertiary/aromatic N) is 1. The molecule has 9 heteroatoms. The maximum Gasteiger partial charge on any atom is 0.341 e. The molecule has 140 valence electrons. The third-order valence-corrected chi connectivity index (χ3v) is 4.99. The number of esters is 1. The zero-order valence-corrected chi connectivity index (χ0v) is 15.6. The Morgan fingerprint density at radius 1 is 1.30 bits per heavy atom. The number of nitrogens with one attached hydrogen (secondary N) is 1. The maximum absolute atomic E-state index is 12.5. The Bertz CT molecular complexity index is 999. The molecule has 1 N–H and O–H groups in total. The molecule has 3 rings (SSSR count). The van der Waals surface area contributed by atoms with Gasteiger partial charge in [-0.15, -0.1) is 11.3 Å². The molecule has 0 saturated carbocycles. The first kappa shape index (κ1) is 18.6. The van der Waals surface area contributed by atoms with Crippen molar-refractivity contribution >= 4 is 34.0 Å². The SMILES string of the molecule is CCOC(=O)c1c(NC(=O)c2cc(-c3ccco3)on2)sc(C(C)=O)c1C. The predicted molar refractivity (Wildman–Crippen MR) is 97.2 cm³/mol. The summed E-state index contributed by atoms with van der Waals surface area (Å²) in [5, 5.41) is 6.56. The Morgan fingerprint density at radius 2 is 2.07 bits per heavy atom. The van der Waals surface area contributed by atoms with Crippen LogP contribution in [0.5, 0.6) is 0 Å². The molecule has 8 nitrogen and oxygen atoms in total. The van der Waals surface area contributed by atoms with Crippen LogP contribution in [0.3, 0.4) is 0 Å². The van der Waals surface area contributed by atoms with Crippen LogP contribution in [0, 0.1) is 6.92 Å². The fourth-order valence-corrected chi connectivity index (χ4v) is 3.56. The monoisotopic (exact) mass is 388 g/mol. The summed E-state index contributed by atoms with van der Waals surface area (Å²) < 4.78 is 15.3. The fourth-order valence-electron chi connectivity index (χ4n) is 2.47. The van der Waals surface area contributed by atoms with Gasteiger partial charge < -0.3 is 19.0 Å². The molecule has 0 aliphatic heterocycles. The van der Waals surface area contributed by atoms with Crippen LogP contribution in [-0.2, 0) is 4.74 Å².